The van der Waals surface area contributed by atoms with E-state index < -0.39 is 12.1 Å². The lowest BCUT2D eigenvalue weighted by molar-refractivity contribution is 0.0600. The van der Waals surface area contributed by atoms with Gasteiger partial charge >= 0.3 is 5.97 Å². The second-order valence-electron chi connectivity index (χ2n) is 4.19. The molecule has 2 atom stereocenters. The predicted octanol–water partition coefficient (Wildman–Crippen LogP) is 1.58. The van der Waals surface area contributed by atoms with Crippen LogP contribution in [0.15, 0.2) is 18.2 Å². The van der Waals surface area contributed by atoms with E-state index in [0.717, 1.165) is 5.69 Å². The van der Waals surface area contributed by atoms with Crippen LogP contribution in [0.5, 0.6) is 5.75 Å². The fourth-order valence-corrected chi connectivity index (χ4v) is 1.94. The third kappa shape index (κ3) is 1.86. The second-order valence-corrected chi connectivity index (χ2v) is 4.19. The molecule has 0 spiro atoms. The van der Waals surface area contributed by atoms with Gasteiger partial charge in [-0.3, -0.25) is 0 Å². The van der Waals surface area contributed by atoms with Gasteiger partial charge in [0.25, 0.3) is 0 Å². The van der Waals surface area contributed by atoms with E-state index in [2.05, 4.69) is 10.8 Å². The lowest BCUT2D eigenvalue weighted by Gasteiger charge is -2.36. The van der Waals surface area contributed by atoms with Crippen molar-refractivity contribution in [1.29, 1.82) is 5.26 Å². The van der Waals surface area contributed by atoms with Crippen molar-refractivity contribution in [3.05, 3.63) is 23.8 Å². The van der Waals surface area contributed by atoms with E-state index in [4.69, 9.17) is 10.00 Å². The number of ether oxygens (including phenoxy) is 2. The number of nitriles is 1. The highest BCUT2D eigenvalue weighted by Gasteiger charge is 2.31. The number of benzene rings is 1. The summed E-state index contributed by atoms with van der Waals surface area (Å²) in [6.45, 7) is 1.92. The van der Waals surface area contributed by atoms with E-state index in [1.54, 1.807) is 18.2 Å². The smallest absolute Gasteiger partial charge is 0.337 e. The number of anilines is 1. The Balaban J connectivity index is 2.42. The van der Waals surface area contributed by atoms with Crippen molar-refractivity contribution in [2.24, 2.45) is 0 Å². The first kappa shape index (κ1) is 12.2. The topological polar surface area (TPSA) is 62.6 Å². The highest BCUT2D eigenvalue weighted by molar-refractivity contribution is 5.90. The molecule has 2 unspecified atom stereocenters. The molecule has 1 heterocycles. The molecule has 5 heteroatoms. The summed E-state index contributed by atoms with van der Waals surface area (Å²) in [5.74, 6) is 0.112. The first-order chi connectivity index (χ1) is 8.58. The van der Waals surface area contributed by atoms with Crippen molar-refractivity contribution in [3.63, 3.8) is 0 Å². The number of likely N-dealkylation sites (N-methyl/N-ethyl adjacent to an activating group) is 1. The Hall–Kier alpha value is -2.22. The van der Waals surface area contributed by atoms with Crippen LogP contribution in [-0.4, -0.2) is 32.3 Å². The first-order valence-corrected chi connectivity index (χ1v) is 5.60. The highest BCUT2D eigenvalue weighted by Crippen LogP contribution is 2.35. The number of methoxy groups -OCH3 is 1. The van der Waals surface area contributed by atoms with Crippen LogP contribution in [0.4, 0.5) is 5.69 Å². The molecule has 1 aromatic carbocycles. The molecule has 0 saturated carbocycles. The Bertz CT molecular complexity index is 521. The molecule has 1 aliphatic heterocycles. The number of hydrogen-bond acceptors (Lipinski definition) is 5. The Labute approximate surface area is 106 Å². The Morgan fingerprint density at radius 3 is 2.89 bits per heavy atom. The summed E-state index contributed by atoms with van der Waals surface area (Å²) >= 11 is 0. The van der Waals surface area contributed by atoms with Gasteiger partial charge in [-0.2, -0.15) is 5.26 Å². The number of carbonyl (C=O) groups is 1. The third-order valence-electron chi connectivity index (χ3n) is 3.19. The summed E-state index contributed by atoms with van der Waals surface area (Å²) in [5.41, 5.74) is 1.28. The average molecular weight is 246 g/mol. The van der Waals surface area contributed by atoms with Gasteiger partial charge in [0.05, 0.1) is 24.4 Å². The van der Waals surface area contributed by atoms with Crippen molar-refractivity contribution in [1.82, 2.24) is 0 Å². The van der Waals surface area contributed by atoms with Crippen LogP contribution in [0, 0.1) is 11.3 Å². The van der Waals surface area contributed by atoms with Crippen molar-refractivity contribution in [3.8, 4) is 11.8 Å². The van der Waals surface area contributed by atoms with Gasteiger partial charge < -0.3 is 14.4 Å². The maximum atomic E-state index is 11.4. The minimum Gasteiger partial charge on any atom is -0.471 e. The van der Waals surface area contributed by atoms with E-state index >= 15 is 0 Å². The largest absolute Gasteiger partial charge is 0.471 e. The molecule has 0 amide bonds. The number of esters is 1. The van der Waals surface area contributed by atoms with E-state index in [1.165, 1.54) is 7.11 Å². The summed E-state index contributed by atoms with van der Waals surface area (Å²) in [6, 6.07) is 7.16. The van der Waals surface area contributed by atoms with Crippen molar-refractivity contribution >= 4 is 11.7 Å². The molecule has 1 aliphatic rings. The van der Waals surface area contributed by atoms with Gasteiger partial charge in [-0.25, -0.2) is 4.79 Å². The zero-order chi connectivity index (χ0) is 13.3. The fraction of sp³-hybridized carbons (Fsp3) is 0.385. The fourth-order valence-electron chi connectivity index (χ4n) is 1.94. The van der Waals surface area contributed by atoms with Gasteiger partial charge in [0, 0.05) is 7.05 Å². The van der Waals surface area contributed by atoms with Crippen LogP contribution in [0.3, 0.4) is 0 Å². The molecule has 94 valence electrons. The zero-order valence-corrected chi connectivity index (χ0v) is 10.5. The van der Waals surface area contributed by atoms with Crippen LogP contribution >= 0.6 is 0 Å². The monoisotopic (exact) mass is 246 g/mol. The molecular weight excluding hydrogens is 232 g/mol. The minimum absolute atomic E-state index is 0.0357. The second kappa shape index (κ2) is 4.57. The Morgan fingerprint density at radius 1 is 1.56 bits per heavy atom. The van der Waals surface area contributed by atoms with Crippen molar-refractivity contribution < 1.29 is 14.3 Å². The summed E-state index contributed by atoms with van der Waals surface area (Å²) in [7, 11) is 3.23. The molecule has 0 fully saturated rings. The summed E-state index contributed by atoms with van der Waals surface area (Å²) in [4.78, 5) is 13.4. The van der Waals surface area contributed by atoms with Gasteiger partial charge in [-0.05, 0) is 25.1 Å². The van der Waals surface area contributed by atoms with Gasteiger partial charge in [0.1, 0.15) is 11.8 Å². The number of rotatable bonds is 1. The van der Waals surface area contributed by atoms with E-state index in [1.807, 2.05) is 18.9 Å². The van der Waals surface area contributed by atoms with Crippen LogP contribution in [0.25, 0.3) is 0 Å². The summed E-state index contributed by atoms with van der Waals surface area (Å²) < 4.78 is 10.2. The number of nitrogens with zero attached hydrogens (tertiary/aromatic N) is 2. The maximum Gasteiger partial charge on any atom is 0.337 e. The number of fused-ring (bicyclic) bond motifs is 1. The van der Waals surface area contributed by atoms with Crippen LogP contribution < -0.4 is 9.64 Å². The third-order valence-corrected chi connectivity index (χ3v) is 3.19. The molecule has 0 aromatic heterocycles. The lowest BCUT2D eigenvalue weighted by Crippen LogP contribution is -2.45. The molecule has 5 nitrogen and oxygen atoms in total. The lowest BCUT2D eigenvalue weighted by atomic mass is 10.1. The van der Waals surface area contributed by atoms with E-state index in [0.29, 0.717) is 11.3 Å². The predicted molar refractivity (Wildman–Crippen MR) is 65.7 cm³/mol. The highest BCUT2D eigenvalue weighted by atomic mass is 16.5. The van der Waals surface area contributed by atoms with Crippen LogP contribution in [0.2, 0.25) is 0 Å². The SMILES string of the molecule is COC(=O)c1ccc2c(c1)OC(C#N)C(C)N2C. The van der Waals surface area contributed by atoms with Crippen molar-refractivity contribution in [2.75, 3.05) is 19.1 Å². The standard InChI is InChI=1S/C13H14N2O3/c1-8-12(7-14)18-11-6-9(13(16)17-3)4-5-10(11)15(8)2/h4-6,8,12H,1-3H3. The van der Waals surface area contributed by atoms with Crippen LogP contribution in [-0.2, 0) is 4.74 Å². The molecule has 0 bridgehead atoms. The van der Waals surface area contributed by atoms with Gasteiger partial charge in [0.15, 0.2) is 0 Å². The van der Waals surface area contributed by atoms with E-state index in [9.17, 15) is 4.79 Å². The quantitative estimate of drug-likeness (QED) is 0.704. The van der Waals surface area contributed by atoms with Gasteiger partial charge in [-0.15, -0.1) is 0 Å². The first-order valence-electron chi connectivity index (χ1n) is 5.60. The zero-order valence-electron chi connectivity index (χ0n) is 10.5. The molecule has 0 aliphatic carbocycles. The maximum absolute atomic E-state index is 11.4. The number of carbonyl (C=O) groups excluding carboxylic acids is 1. The molecule has 2 rings (SSSR count). The molecule has 0 N–H and O–H groups in total. The molecule has 0 saturated heterocycles. The molecule has 1 aromatic rings. The molecular formula is C13H14N2O3. The summed E-state index contributed by atoms with van der Waals surface area (Å²) in [6.07, 6.45) is -0.546. The summed E-state index contributed by atoms with van der Waals surface area (Å²) in [5, 5.41) is 9.04. The van der Waals surface area contributed by atoms with Gasteiger partial charge in [-0.1, -0.05) is 0 Å². The van der Waals surface area contributed by atoms with Gasteiger partial charge in [0.2, 0.25) is 6.10 Å². The number of hydrogen-bond donors (Lipinski definition) is 0. The normalized spacial score (nSPS) is 21.6. The van der Waals surface area contributed by atoms with E-state index in [-0.39, 0.29) is 6.04 Å². The van der Waals surface area contributed by atoms with Crippen LogP contribution in [0.1, 0.15) is 17.3 Å². The molecule has 0 radical (unpaired) electrons. The Morgan fingerprint density at radius 2 is 2.28 bits per heavy atom. The average Bonchev–Trinajstić information content (AvgIpc) is 2.41. The van der Waals surface area contributed by atoms with Crippen molar-refractivity contribution in [2.45, 2.75) is 19.1 Å². The minimum atomic E-state index is -0.546. The molecule has 18 heavy (non-hydrogen) atoms. The Kier molecular flexibility index (Phi) is 3.11.